The summed E-state index contributed by atoms with van der Waals surface area (Å²) in [5.41, 5.74) is 0.765. The molecule has 1 aromatic heterocycles. The number of hydrogen-bond acceptors (Lipinski definition) is 3. The molecule has 2 aromatic rings. The van der Waals surface area contributed by atoms with Gasteiger partial charge in [0, 0.05) is 17.6 Å². The molecule has 0 aliphatic carbocycles. The summed E-state index contributed by atoms with van der Waals surface area (Å²) in [6.07, 6.45) is 1.40. The second kappa shape index (κ2) is 4.23. The molecule has 0 bridgehead atoms. The van der Waals surface area contributed by atoms with Crippen LogP contribution in [0.1, 0.15) is 16.1 Å². The largest absolute Gasteiger partial charge is 0.287 e. The van der Waals surface area contributed by atoms with E-state index in [2.05, 4.69) is 10.3 Å². The van der Waals surface area contributed by atoms with Crippen LogP contribution in [-0.2, 0) is 7.05 Å². The lowest BCUT2D eigenvalue weighted by molar-refractivity contribution is 0.103. The number of halogens is 2. The molecular formula is C10H7Cl2N3O. The van der Waals surface area contributed by atoms with Crippen molar-refractivity contribution in [1.82, 2.24) is 15.0 Å². The normalized spacial score (nSPS) is 10.4. The molecule has 0 fully saturated rings. The highest BCUT2D eigenvalue weighted by molar-refractivity contribution is 6.37. The Morgan fingerprint density at radius 1 is 1.38 bits per heavy atom. The number of ketones is 1. The molecule has 82 valence electrons. The first-order chi connectivity index (χ1) is 7.59. The van der Waals surface area contributed by atoms with Crippen molar-refractivity contribution >= 4 is 29.0 Å². The number of benzene rings is 1. The van der Waals surface area contributed by atoms with Gasteiger partial charge in [-0.1, -0.05) is 28.4 Å². The molecule has 0 atom stereocenters. The fraction of sp³-hybridized carbons (Fsp3) is 0.100. The first kappa shape index (κ1) is 11.1. The molecule has 0 amide bonds. The van der Waals surface area contributed by atoms with Gasteiger partial charge in [0.25, 0.3) is 0 Å². The maximum absolute atomic E-state index is 12.0. The quantitative estimate of drug-likeness (QED) is 0.775. The van der Waals surface area contributed by atoms with Crippen molar-refractivity contribution in [1.29, 1.82) is 0 Å². The maximum atomic E-state index is 12.0. The average Bonchev–Trinajstić information content (AvgIpc) is 2.63. The lowest BCUT2D eigenvalue weighted by Gasteiger charge is -2.03. The summed E-state index contributed by atoms with van der Waals surface area (Å²) in [4.78, 5) is 12.0. The van der Waals surface area contributed by atoms with Crippen LogP contribution >= 0.6 is 23.2 Å². The second-order valence-electron chi connectivity index (χ2n) is 3.20. The average molecular weight is 256 g/mol. The lowest BCUT2D eigenvalue weighted by atomic mass is 10.1. The molecule has 4 nitrogen and oxygen atoms in total. The first-order valence-corrected chi connectivity index (χ1v) is 5.19. The van der Waals surface area contributed by atoms with Crippen LogP contribution in [0.15, 0.2) is 24.4 Å². The molecule has 0 aliphatic heterocycles. The van der Waals surface area contributed by atoms with E-state index in [-0.39, 0.29) is 5.78 Å². The van der Waals surface area contributed by atoms with Crippen molar-refractivity contribution in [3.05, 3.63) is 45.7 Å². The summed E-state index contributed by atoms with van der Waals surface area (Å²) in [6, 6.07) is 4.73. The Labute approximate surface area is 102 Å². The molecule has 0 saturated heterocycles. The molecule has 0 unspecified atom stereocenters. The number of hydrogen-bond donors (Lipinski definition) is 0. The third-order valence-corrected chi connectivity index (χ3v) is 2.67. The van der Waals surface area contributed by atoms with Gasteiger partial charge in [0.2, 0.25) is 5.78 Å². The van der Waals surface area contributed by atoms with Gasteiger partial charge in [0.05, 0.1) is 11.2 Å². The Kier molecular flexibility index (Phi) is 2.94. The van der Waals surface area contributed by atoms with Crippen LogP contribution < -0.4 is 0 Å². The van der Waals surface area contributed by atoms with Gasteiger partial charge in [-0.15, -0.1) is 5.10 Å². The smallest absolute Gasteiger partial charge is 0.214 e. The van der Waals surface area contributed by atoms with E-state index in [0.717, 1.165) is 0 Å². The highest BCUT2D eigenvalue weighted by atomic mass is 35.5. The van der Waals surface area contributed by atoms with Gasteiger partial charge in [0.1, 0.15) is 5.69 Å². The minimum absolute atomic E-state index is 0.228. The van der Waals surface area contributed by atoms with Crippen LogP contribution in [0.4, 0.5) is 0 Å². The van der Waals surface area contributed by atoms with Crippen LogP contribution in [-0.4, -0.2) is 20.8 Å². The van der Waals surface area contributed by atoms with E-state index in [4.69, 9.17) is 23.2 Å². The van der Waals surface area contributed by atoms with E-state index in [1.165, 1.54) is 16.9 Å². The molecule has 0 radical (unpaired) electrons. The summed E-state index contributed by atoms with van der Waals surface area (Å²) < 4.78 is 1.40. The zero-order valence-electron chi connectivity index (χ0n) is 8.32. The Balaban J connectivity index is 2.46. The van der Waals surface area contributed by atoms with Gasteiger partial charge in [-0.3, -0.25) is 4.79 Å². The maximum Gasteiger partial charge on any atom is 0.214 e. The van der Waals surface area contributed by atoms with Crippen LogP contribution in [0.2, 0.25) is 10.0 Å². The van der Waals surface area contributed by atoms with Gasteiger partial charge in [-0.25, -0.2) is 4.68 Å². The number of carbonyl (C=O) groups is 1. The molecule has 1 heterocycles. The van der Waals surface area contributed by atoms with E-state index in [9.17, 15) is 4.79 Å². The van der Waals surface area contributed by atoms with Crippen LogP contribution in [0.5, 0.6) is 0 Å². The molecule has 0 saturated carbocycles. The third kappa shape index (κ3) is 1.94. The van der Waals surface area contributed by atoms with Crippen molar-refractivity contribution in [2.75, 3.05) is 0 Å². The van der Waals surface area contributed by atoms with E-state index in [1.807, 2.05) is 0 Å². The molecule has 1 aromatic carbocycles. The second-order valence-corrected chi connectivity index (χ2v) is 4.04. The summed E-state index contributed by atoms with van der Waals surface area (Å²) in [6.45, 7) is 0. The molecule has 16 heavy (non-hydrogen) atoms. The number of aromatic nitrogens is 3. The topological polar surface area (TPSA) is 47.8 Å². The summed E-state index contributed by atoms with van der Waals surface area (Å²) in [7, 11) is 1.64. The van der Waals surface area contributed by atoms with Crippen LogP contribution in [0.25, 0.3) is 0 Å². The molecule has 0 aliphatic rings. The van der Waals surface area contributed by atoms with Gasteiger partial charge in [-0.05, 0) is 18.2 Å². The molecule has 6 heteroatoms. The third-order valence-electron chi connectivity index (χ3n) is 2.12. The number of carbonyl (C=O) groups excluding carboxylic acids is 1. The first-order valence-electron chi connectivity index (χ1n) is 4.44. The fourth-order valence-electron chi connectivity index (χ4n) is 1.31. The van der Waals surface area contributed by atoms with Gasteiger partial charge in [-0.2, -0.15) is 0 Å². The number of aryl methyl sites for hydroxylation is 1. The molecular weight excluding hydrogens is 249 g/mol. The van der Waals surface area contributed by atoms with Crippen molar-refractivity contribution in [2.45, 2.75) is 0 Å². The predicted octanol–water partition coefficient (Wildman–Crippen LogP) is 2.35. The van der Waals surface area contributed by atoms with Crippen LogP contribution in [0, 0.1) is 0 Å². The Bertz CT molecular complexity index is 551. The van der Waals surface area contributed by atoms with E-state index in [0.29, 0.717) is 21.3 Å². The molecule has 2 rings (SSSR count). The van der Waals surface area contributed by atoms with Crippen LogP contribution in [0.3, 0.4) is 0 Å². The zero-order chi connectivity index (χ0) is 11.7. The predicted molar refractivity (Wildman–Crippen MR) is 60.9 cm³/mol. The minimum Gasteiger partial charge on any atom is -0.287 e. The van der Waals surface area contributed by atoms with Crippen molar-refractivity contribution in [3.8, 4) is 0 Å². The Morgan fingerprint density at radius 2 is 2.12 bits per heavy atom. The van der Waals surface area contributed by atoms with Crippen molar-refractivity contribution in [3.63, 3.8) is 0 Å². The Hall–Kier alpha value is -1.39. The molecule has 0 spiro atoms. The van der Waals surface area contributed by atoms with Crippen molar-refractivity contribution in [2.24, 2.45) is 7.05 Å². The lowest BCUT2D eigenvalue weighted by Crippen LogP contribution is -2.08. The summed E-state index contributed by atoms with van der Waals surface area (Å²) in [5.74, 6) is -0.228. The summed E-state index contributed by atoms with van der Waals surface area (Å²) >= 11 is 11.7. The number of nitrogens with zero attached hydrogens (tertiary/aromatic N) is 3. The summed E-state index contributed by atoms with van der Waals surface area (Å²) in [5, 5.41) is 8.13. The highest BCUT2D eigenvalue weighted by Gasteiger charge is 2.16. The fourth-order valence-corrected chi connectivity index (χ4v) is 1.80. The SMILES string of the molecule is Cn1nncc1C(=O)c1ccc(Cl)cc1Cl. The van der Waals surface area contributed by atoms with E-state index < -0.39 is 0 Å². The van der Waals surface area contributed by atoms with Crippen molar-refractivity contribution < 1.29 is 4.79 Å². The highest BCUT2D eigenvalue weighted by Crippen LogP contribution is 2.22. The number of rotatable bonds is 2. The zero-order valence-corrected chi connectivity index (χ0v) is 9.83. The minimum atomic E-state index is -0.228. The van der Waals surface area contributed by atoms with E-state index >= 15 is 0 Å². The Morgan fingerprint density at radius 3 is 2.69 bits per heavy atom. The van der Waals surface area contributed by atoms with Gasteiger partial charge >= 0.3 is 0 Å². The monoisotopic (exact) mass is 255 g/mol. The standard InChI is InChI=1S/C10H7Cl2N3O/c1-15-9(5-13-14-15)10(16)7-3-2-6(11)4-8(7)12/h2-5H,1H3. The molecule has 0 N–H and O–H groups in total. The van der Waals surface area contributed by atoms with Gasteiger partial charge < -0.3 is 0 Å². The van der Waals surface area contributed by atoms with Gasteiger partial charge in [0.15, 0.2) is 0 Å². The van der Waals surface area contributed by atoms with E-state index in [1.54, 1.807) is 19.2 Å².